The number of benzene rings is 1. The zero-order valence-corrected chi connectivity index (χ0v) is 14.0. The van der Waals surface area contributed by atoms with E-state index in [4.69, 9.17) is 9.47 Å². The van der Waals surface area contributed by atoms with Gasteiger partial charge in [-0.25, -0.2) is 0 Å². The second kappa shape index (κ2) is 7.35. The number of carbonyl (C=O) groups excluding carboxylic acids is 2. The van der Waals surface area contributed by atoms with Crippen molar-refractivity contribution in [3.8, 4) is 11.5 Å². The first kappa shape index (κ1) is 17.1. The van der Waals surface area contributed by atoms with Gasteiger partial charge in [0, 0.05) is 6.92 Å². The summed E-state index contributed by atoms with van der Waals surface area (Å²) in [4.78, 5) is 23.4. The van der Waals surface area contributed by atoms with Crippen LogP contribution in [0.25, 0.3) is 0 Å². The SMILES string of the molecule is CC(=O)NC(C)C(=O)NC(c1ccc2c(c1)OCCO2)C(C)C. The van der Waals surface area contributed by atoms with E-state index in [0.29, 0.717) is 19.0 Å². The molecule has 2 N–H and O–H groups in total. The van der Waals surface area contributed by atoms with Crippen LogP contribution in [0.4, 0.5) is 0 Å². The molecule has 2 amide bonds. The molecule has 0 aromatic heterocycles. The molecule has 1 heterocycles. The quantitative estimate of drug-likeness (QED) is 0.867. The van der Waals surface area contributed by atoms with Crippen molar-refractivity contribution >= 4 is 11.8 Å². The van der Waals surface area contributed by atoms with Crippen LogP contribution in [0.1, 0.15) is 39.3 Å². The molecule has 0 aliphatic carbocycles. The van der Waals surface area contributed by atoms with Crippen molar-refractivity contribution in [1.82, 2.24) is 10.6 Å². The summed E-state index contributed by atoms with van der Waals surface area (Å²) in [6.07, 6.45) is 0. The molecule has 2 unspecified atom stereocenters. The summed E-state index contributed by atoms with van der Waals surface area (Å²) in [6, 6.07) is 4.95. The third-order valence-corrected chi connectivity index (χ3v) is 3.70. The highest BCUT2D eigenvalue weighted by Gasteiger charge is 2.23. The predicted molar refractivity (Wildman–Crippen MR) is 86.4 cm³/mol. The van der Waals surface area contributed by atoms with Gasteiger partial charge < -0.3 is 20.1 Å². The Labute approximate surface area is 136 Å². The van der Waals surface area contributed by atoms with Crippen molar-refractivity contribution in [2.45, 2.75) is 39.8 Å². The molecule has 2 rings (SSSR count). The lowest BCUT2D eigenvalue weighted by Gasteiger charge is -2.26. The largest absolute Gasteiger partial charge is 0.486 e. The van der Waals surface area contributed by atoms with E-state index in [2.05, 4.69) is 10.6 Å². The Morgan fingerprint density at radius 2 is 1.70 bits per heavy atom. The summed E-state index contributed by atoms with van der Waals surface area (Å²) in [7, 11) is 0. The maximum absolute atomic E-state index is 12.3. The molecule has 0 fully saturated rings. The van der Waals surface area contributed by atoms with Gasteiger partial charge >= 0.3 is 0 Å². The lowest BCUT2D eigenvalue weighted by atomic mass is 9.95. The topological polar surface area (TPSA) is 76.7 Å². The summed E-state index contributed by atoms with van der Waals surface area (Å²) >= 11 is 0. The van der Waals surface area contributed by atoms with Crippen molar-refractivity contribution in [3.05, 3.63) is 23.8 Å². The minimum Gasteiger partial charge on any atom is -0.486 e. The van der Waals surface area contributed by atoms with Gasteiger partial charge in [-0.15, -0.1) is 0 Å². The van der Waals surface area contributed by atoms with Crippen LogP contribution in [0.5, 0.6) is 11.5 Å². The Morgan fingerprint density at radius 1 is 1.04 bits per heavy atom. The molecule has 0 saturated carbocycles. The van der Waals surface area contributed by atoms with Gasteiger partial charge in [0.25, 0.3) is 0 Å². The fourth-order valence-corrected chi connectivity index (χ4v) is 2.54. The molecule has 0 bridgehead atoms. The van der Waals surface area contributed by atoms with E-state index in [9.17, 15) is 9.59 Å². The van der Waals surface area contributed by atoms with E-state index in [-0.39, 0.29) is 23.8 Å². The fourth-order valence-electron chi connectivity index (χ4n) is 2.54. The highest BCUT2D eigenvalue weighted by atomic mass is 16.6. The van der Waals surface area contributed by atoms with Gasteiger partial charge in [0.15, 0.2) is 11.5 Å². The van der Waals surface area contributed by atoms with Crippen LogP contribution < -0.4 is 20.1 Å². The zero-order valence-electron chi connectivity index (χ0n) is 14.0. The maximum Gasteiger partial charge on any atom is 0.242 e. The first-order valence-electron chi connectivity index (χ1n) is 7.85. The third kappa shape index (κ3) is 4.37. The van der Waals surface area contributed by atoms with E-state index in [1.54, 1.807) is 6.92 Å². The number of amides is 2. The standard InChI is InChI=1S/C17H24N2O4/c1-10(2)16(19-17(21)11(3)18-12(4)20)13-5-6-14-15(9-13)23-8-7-22-14/h5-6,9-11,16H,7-8H2,1-4H3,(H,18,20)(H,19,21). The molecule has 1 aromatic rings. The van der Waals surface area contributed by atoms with Gasteiger partial charge in [-0.05, 0) is 30.5 Å². The van der Waals surface area contributed by atoms with Gasteiger partial charge in [0.2, 0.25) is 11.8 Å². The number of carbonyl (C=O) groups is 2. The lowest BCUT2D eigenvalue weighted by molar-refractivity contribution is -0.128. The molecule has 0 saturated heterocycles. The van der Waals surface area contributed by atoms with Crippen LogP contribution in [0.2, 0.25) is 0 Å². The zero-order chi connectivity index (χ0) is 17.0. The Kier molecular flexibility index (Phi) is 5.47. The molecule has 1 aromatic carbocycles. The number of ether oxygens (including phenoxy) is 2. The van der Waals surface area contributed by atoms with Crippen molar-refractivity contribution in [3.63, 3.8) is 0 Å². The summed E-state index contributed by atoms with van der Waals surface area (Å²) in [5.74, 6) is 1.16. The van der Waals surface area contributed by atoms with E-state index < -0.39 is 6.04 Å². The predicted octanol–water partition coefficient (Wildman–Crippen LogP) is 1.80. The molecule has 126 valence electrons. The summed E-state index contributed by atoms with van der Waals surface area (Å²) in [6.45, 7) is 8.19. The Morgan fingerprint density at radius 3 is 2.30 bits per heavy atom. The van der Waals surface area contributed by atoms with Crippen molar-refractivity contribution in [1.29, 1.82) is 0 Å². The summed E-state index contributed by atoms with van der Waals surface area (Å²) in [5.41, 5.74) is 0.952. The van der Waals surface area contributed by atoms with E-state index in [1.165, 1.54) is 6.92 Å². The van der Waals surface area contributed by atoms with Crippen LogP contribution >= 0.6 is 0 Å². The molecule has 2 atom stereocenters. The minimum absolute atomic E-state index is 0.172. The number of rotatable bonds is 5. The molecule has 0 spiro atoms. The number of nitrogens with one attached hydrogen (secondary N) is 2. The minimum atomic E-state index is -0.578. The number of hydrogen-bond donors (Lipinski definition) is 2. The first-order chi connectivity index (χ1) is 10.9. The van der Waals surface area contributed by atoms with Crippen LogP contribution in [0, 0.1) is 5.92 Å². The van der Waals surface area contributed by atoms with E-state index >= 15 is 0 Å². The summed E-state index contributed by atoms with van der Waals surface area (Å²) < 4.78 is 11.1. The van der Waals surface area contributed by atoms with E-state index in [1.807, 2.05) is 32.0 Å². The van der Waals surface area contributed by atoms with Crippen molar-refractivity contribution < 1.29 is 19.1 Å². The fraction of sp³-hybridized carbons (Fsp3) is 0.529. The number of hydrogen-bond acceptors (Lipinski definition) is 4. The molecule has 6 nitrogen and oxygen atoms in total. The van der Waals surface area contributed by atoms with Gasteiger partial charge in [-0.1, -0.05) is 19.9 Å². The van der Waals surface area contributed by atoms with Gasteiger partial charge in [0.1, 0.15) is 19.3 Å². The Hall–Kier alpha value is -2.24. The molecule has 0 radical (unpaired) electrons. The van der Waals surface area contributed by atoms with Gasteiger partial charge in [-0.3, -0.25) is 9.59 Å². The van der Waals surface area contributed by atoms with Crippen molar-refractivity contribution in [2.24, 2.45) is 5.92 Å². The lowest BCUT2D eigenvalue weighted by Crippen LogP contribution is -2.46. The molecule has 1 aliphatic rings. The number of fused-ring (bicyclic) bond motifs is 1. The molecular weight excluding hydrogens is 296 g/mol. The monoisotopic (exact) mass is 320 g/mol. The van der Waals surface area contributed by atoms with Crippen LogP contribution in [0.15, 0.2) is 18.2 Å². The van der Waals surface area contributed by atoms with Crippen molar-refractivity contribution in [2.75, 3.05) is 13.2 Å². The van der Waals surface area contributed by atoms with Crippen LogP contribution in [0.3, 0.4) is 0 Å². The highest BCUT2D eigenvalue weighted by molar-refractivity contribution is 5.86. The average Bonchev–Trinajstić information content (AvgIpc) is 2.50. The second-order valence-electron chi connectivity index (χ2n) is 6.06. The normalized spacial score (nSPS) is 15.7. The molecule has 6 heteroatoms. The van der Waals surface area contributed by atoms with Gasteiger partial charge in [-0.2, -0.15) is 0 Å². The molecular formula is C17H24N2O4. The molecule has 23 heavy (non-hydrogen) atoms. The smallest absolute Gasteiger partial charge is 0.242 e. The van der Waals surface area contributed by atoms with E-state index in [0.717, 1.165) is 11.3 Å². The maximum atomic E-state index is 12.3. The third-order valence-electron chi connectivity index (χ3n) is 3.70. The Balaban J connectivity index is 2.15. The second-order valence-corrected chi connectivity index (χ2v) is 6.06. The van der Waals surface area contributed by atoms with Crippen LogP contribution in [-0.2, 0) is 9.59 Å². The van der Waals surface area contributed by atoms with Crippen LogP contribution in [-0.4, -0.2) is 31.1 Å². The highest BCUT2D eigenvalue weighted by Crippen LogP contribution is 2.34. The van der Waals surface area contributed by atoms with Gasteiger partial charge in [0.05, 0.1) is 6.04 Å². The first-order valence-corrected chi connectivity index (χ1v) is 7.85. The molecule has 1 aliphatic heterocycles. The summed E-state index contributed by atoms with van der Waals surface area (Å²) in [5, 5.41) is 5.59. The Bertz CT molecular complexity index is 586. The average molecular weight is 320 g/mol.